The average molecular weight is 840 g/mol. The van der Waals surface area contributed by atoms with Gasteiger partial charge in [0.25, 0.3) is 0 Å². The van der Waals surface area contributed by atoms with Gasteiger partial charge in [0.05, 0.1) is 11.1 Å². The number of hydrogen-bond acceptors (Lipinski definition) is 2. The Labute approximate surface area is 384 Å². The minimum Gasteiger partial charge on any atom is -0.456 e. The minimum atomic E-state index is -0.622. The van der Waals surface area contributed by atoms with Gasteiger partial charge in [-0.3, -0.25) is 0 Å². The number of rotatable bonds is 6. The maximum absolute atomic E-state index is 7.33. The molecule has 0 fully saturated rings. The molecule has 1 aliphatic carbocycles. The summed E-state index contributed by atoms with van der Waals surface area (Å²) in [4.78, 5) is 2.40. The van der Waals surface area contributed by atoms with E-state index in [-0.39, 0.29) is 10.8 Å². The first kappa shape index (κ1) is 40.4. The summed E-state index contributed by atoms with van der Waals surface area (Å²) in [7, 11) is 0. The summed E-state index contributed by atoms with van der Waals surface area (Å²) in [6, 6.07) is 78.0. The maximum atomic E-state index is 7.33. The van der Waals surface area contributed by atoms with Gasteiger partial charge in [0.15, 0.2) is 0 Å². The number of hydrogen-bond donors (Lipinski definition) is 0. The third-order valence-corrected chi connectivity index (χ3v) is 13.7. The highest BCUT2D eigenvalue weighted by Crippen LogP contribution is 2.64. The molecular weight excluding hydrogens is 787 g/mol. The molecule has 1 aliphatic heterocycles. The molecule has 2 nitrogen and oxygen atoms in total. The van der Waals surface area contributed by atoms with Gasteiger partial charge in [-0.25, -0.2) is 0 Å². The molecular formula is C63H53NO. The fourth-order valence-electron chi connectivity index (χ4n) is 10.3. The van der Waals surface area contributed by atoms with E-state index in [0.717, 1.165) is 45.3 Å². The average Bonchev–Trinajstić information content (AvgIpc) is 3.61. The van der Waals surface area contributed by atoms with Gasteiger partial charge in [-0.2, -0.15) is 0 Å². The van der Waals surface area contributed by atoms with E-state index < -0.39 is 5.41 Å². The number of anilines is 3. The Bertz CT molecular complexity index is 3080. The number of para-hydroxylation sites is 3. The summed E-state index contributed by atoms with van der Waals surface area (Å²) in [5.74, 6) is 1.77. The molecule has 316 valence electrons. The first-order valence-electron chi connectivity index (χ1n) is 22.9. The molecule has 9 aromatic rings. The van der Waals surface area contributed by atoms with E-state index in [2.05, 4.69) is 259 Å². The SMILES string of the molecule is CC(C)(C)c1ccc2c(c1)C1(c3ccccc3Oc3c(-c4ccccc4N(c4ccc(-c5ccccc5)cc4)c4ccc(-c5ccccc5)cc4)cccc31)c1cc(C(C)(C)C)ccc1-2. The highest BCUT2D eigenvalue weighted by Gasteiger charge is 2.52. The Hall–Kier alpha value is -7.42. The molecule has 0 bridgehead atoms. The summed E-state index contributed by atoms with van der Waals surface area (Å²) in [6.45, 7) is 13.9. The molecule has 0 saturated heterocycles. The molecule has 0 atom stereocenters. The molecule has 0 amide bonds. The van der Waals surface area contributed by atoms with Crippen LogP contribution in [-0.2, 0) is 16.2 Å². The summed E-state index contributed by atoms with van der Waals surface area (Å²) >= 11 is 0. The second-order valence-corrected chi connectivity index (χ2v) is 19.7. The third-order valence-electron chi connectivity index (χ3n) is 13.7. The van der Waals surface area contributed by atoms with Crippen LogP contribution in [0.3, 0.4) is 0 Å². The van der Waals surface area contributed by atoms with Crippen molar-refractivity contribution in [1.29, 1.82) is 0 Å². The molecule has 65 heavy (non-hydrogen) atoms. The van der Waals surface area contributed by atoms with Gasteiger partial charge in [0.2, 0.25) is 0 Å². The second-order valence-electron chi connectivity index (χ2n) is 19.7. The van der Waals surface area contributed by atoms with Crippen LogP contribution in [0.15, 0.2) is 212 Å². The normalized spacial score (nSPS) is 13.3. The topological polar surface area (TPSA) is 12.5 Å². The Morgan fingerprint density at radius 2 is 0.800 bits per heavy atom. The van der Waals surface area contributed by atoms with E-state index in [9.17, 15) is 0 Å². The molecule has 0 saturated carbocycles. The van der Waals surface area contributed by atoms with Crippen molar-refractivity contribution < 1.29 is 4.74 Å². The first-order chi connectivity index (χ1) is 31.5. The zero-order valence-electron chi connectivity index (χ0n) is 38.1. The van der Waals surface area contributed by atoms with Gasteiger partial charge in [-0.05, 0) is 103 Å². The highest BCUT2D eigenvalue weighted by molar-refractivity contribution is 5.95. The van der Waals surface area contributed by atoms with E-state index in [0.29, 0.717) is 0 Å². The Morgan fingerprint density at radius 3 is 1.34 bits per heavy atom. The Morgan fingerprint density at radius 1 is 0.354 bits per heavy atom. The maximum Gasteiger partial charge on any atom is 0.140 e. The molecule has 9 aromatic carbocycles. The van der Waals surface area contributed by atoms with Crippen molar-refractivity contribution in [1.82, 2.24) is 0 Å². The monoisotopic (exact) mass is 839 g/mol. The van der Waals surface area contributed by atoms with Crippen LogP contribution in [0.2, 0.25) is 0 Å². The van der Waals surface area contributed by atoms with Gasteiger partial charge < -0.3 is 9.64 Å². The number of benzene rings is 9. The van der Waals surface area contributed by atoms with E-state index in [1.807, 2.05) is 0 Å². The van der Waals surface area contributed by atoms with Crippen LogP contribution in [0.25, 0.3) is 44.5 Å². The van der Waals surface area contributed by atoms with Gasteiger partial charge in [0.1, 0.15) is 11.5 Å². The van der Waals surface area contributed by atoms with Gasteiger partial charge >= 0.3 is 0 Å². The zero-order valence-corrected chi connectivity index (χ0v) is 38.1. The lowest BCUT2D eigenvalue weighted by Crippen LogP contribution is -2.33. The van der Waals surface area contributed by atoms with Crippen LogP contribution in [0, 0.1) is 0 Å². The van der Waals surface area contributed by atoms with Crippen molar-refractivity contribution in [2.75, 3.05) is 4.90 Å². The third kappa shape index (κ3) is 6.70. The van der Waals surface area contributed by atoms with Crippen molar-refractivity contribution in [3.05, 3.63) is 246 Å². The van der Waals surface area contributed by atoms with Gasteiger partial charge in [-0.1, -0.05) is 217 Å². The van der Waals surface area contributed by atoms with E-state index >= 15 is 0 Å². The summed E-state index contributed by atoms with van der Waals surface area (Å²) in [6.07, 6.45) is 0. The number of ether oxygens (including phenoxy) is 1. The lowest BCUT2D eigenvalue weighted by molar-refractivity contribution is 0.437. The molecule has 0 aromatic heterocycles. The highest BCUT2D eigenvalue weighted by atomic mass is 16.5. The fraction of sp³-hybridized carbons (Fsp3) is 0.143. The van der Waals surface area contributed by atoms with Crippen LogP contribution in [0.4, 0.5) is 17.1 Å². The second kappa shape index (κ2) is 15.4. The fourth-order valence-corrected chi connectivity index (χ4v) is 10.3. The van der Waals surface area contributed by atoms with Crippen molar-refractivity contribution in [2.24, 2.45) is 0 Å². The number of nitrogens with zero attached hydrogens (tertiary/aromatic N) is 1. The minimum absolute atomic E-state index is 0.0437. The van der Waals surface area contributed by atoms with Crippen molar-refractivity contribution in [3.8, 4) is 56.0 Å². The number of fused-ring (bicyclic) bond motifs is 9. The van der Waals surface area contributed by atoms with Gasteiger partial charge in [0, 0.05) is 33.6 Å². The van der Waals surface area contributed by atoms with E-state index in [1.54, 1.807) is 0 Å². The van der Waals surface area contributed by atoms with Crippen molar-refractivity contribution >= 4 is 17.1 Å². The van der Waals surface area contributed by atoms with Crippen LogP contribution >= 0.6 is 0 Å². The summed E-state index contributed by atoms with van der Waals surface area (Å²) in [5.41, 5.74) is 19.5. The summed E-state index contributed by atoms with van der Waals surface area (Å²) < 4.78 is 7.33. The molecule has 11 rings (SSSR count). The van der Waals surface area contributed by atoms with E-state index in [1.165, 1.54) is 61.2 Å². The standard InChI is InChI=1S/C63H53NO/c1-61(2,3)46-32-38-50-51-39-33-47(62(4,5)6)41-57(51)63(56(50)40-46)54-24-14-16-27-59(54)65-60-53(23-17-25-55(60)63)52-22-13-15-26-58(52)64(48-34-28-44(29-35-48)42-18-9-7-10-19-42)49-36-30-45(31-37-49)43-20-11-8-12-21-43/h7-41H,1-6H3. The lowest BCUT2D eigenvalue weighted by atomic mass is 9.64. The lowest BCUT2D eigenvalue weighted by Gasteiger charge is -2.41. The molecule has 1 heterocycles. The largest absolute Gasteiger partial charge is 0.456 e. The molecule has 2 heteroatoms. The zero-order chi connectivity index (χ0) is 44.5. The van der Waals surface area contributed by atoms with Crippen molar-refractivity contribution in [2.45, 2.75) is 57.8 Å². The Kier molecular flexibility index (Phi) is 9.55. The molecule has 2 aliphatic rings. The van der Waals surface area contributed by atoms with Crippen LogP contribution < -0.4 is 9.64 Å². The molecule has 0 radical (unpaired) electrons. The summed E-state index contributed by atoms with van der Waals surface area (Å²) in [5, 5.41) is 0. The van der Waals surface area contributed by atoms with E-state index in [4.69, 9.17) is 4.74 Å². The van der Waals surface area contributed by atoms with Crippen LogP contribution in [-0.4, -0.2) is 0 Å². The molecule has 0 N–H and O–H groups in total. The Balaban J connectivity index is 1.15. The smallest absolute Gasteiger partial charge is 0.140 e. The van der Waals surface area contributed by atoms with Crippen LogP contribution in [0.1, 0.15) is 74.9 Å². The molecule has 0 unspecified atom stereocenters. The molecule has 1 spiro atoms. The van der Waals surface area contributed by atoms with Crippen molar-refractivity contribution in [3.63, 3.8) is 0 Å². The van der Waals surface area contributed by atoms with Gasteiger partial charge in [-0.15, -0.1) is 0 Å². The first-order valence-corrected chi connectivity index (χ1v) is 22.9. The predicted octanol–water partition coefficient (Wildman–Crippen LogP) is 17.2. The predicted molar refractivity (Wildman–Crippen MR) is 272 cm³/mol. The quantitative estimate of drug-likeness (QED) is 0.165. The van der Waals surface area contributed by atoms with Crippen LogP contribution in [0.5, 0.6) is 11.5 Å².